The Hall–Kier alpha value is -1.51. The Morgan fingerprint density at radius 3 is 2.87 bits per heavy atom. The molecule has 15 heavy (non-hydrogen) atoms. The van der Waals surface area contributed by atoms with Crippen LogP contribution in [0.2, 0.25) is 0 Å². The van der Waals surface area contributed by atoms with Crippen LogP contribution in [0.5, 0.6) is 5.75 Å². The van der Waals surface area contributed by atoms with Gasteiger partial charge in [0.2, 0.25) is 0 Å². The molecule has 1 aromatic carbocycles. The maximum absolute atomic E-state index is 11.0. The molecule has 0 radical (unpaired) electrons. The maximum atomic E-state index is 11.0. The van der Waals surface area contributed by atoms with Gasteiger partial charge in [0.05, 0.1) is 5.92 Å². The van der Waals surface area contributed by atoms with Crippen molar-refractivity contribution in [3.63, 3.8) is 0 Å². The average molecular weight is 206 g/mol. The first kappa shape index (κ1) is 10.0. The predicted molar refractivity (Wildman–Crippen MR) is 56.0 cm³/mol. The number of phenolic OH excluding ortho intramolecular Hbond substituents is 1. The molecule has 3 nitrogen and oxygen atoms in total. The second-order valence-corrected chi connectivity index (χ2v) is 4.16. The van der Waals surface area contributed by atoms with E-state index in [1.807, 2.05) is 13.0 Å². The van der Waals surface area contributed by atoms with Crippen LogP contribution in [0.1, 0.15) is 30.4 Å². The van der Waals surface area contributed by atoms with Gasteiger partial charge in [-0.1, -0.05) is 13.0 Å². The Labute approximate surface area is 88.4 Å². The Kier molecular flexibility index (Phi) is 2.39. The van der Waals surface area contributed by atoms with Crippen LogP contribution in [-0.4, -0.2) is 16.2 Å². The Bertz CT molecular complexity index is 398. The number of carboxylic acid groups (broad SMARTS) is 1. The lowest BCUT2D eigenvalue weighted by molar-refractivity contribution is -0.142. The number of hydrogen-bond acceptors (Lipinski definition) is 2. The molecule has 1 aliphatic carbocycles. The quantitative estimate of drug-likeness (QED) is 0.740. The van der Waals surface area contributed by atoms with E-state index in [1.165, 1.54) is 0 Å². The van der Waals surface area contributed by atoms with Crippen LogP contribution in [0.15, 0.2) is 18.2 Å². The van der Waals surface area contributed by atoms with E-state index in [2.05, 4.69) is 0 Å². The van der Waals surface area contributed by atoms with Crippen LogP contribution in [-0.2, 0) is 11.2 Å². The van der Waals surface area contributed by atoms with Crippen molar-refractivity contribution in [1.29, 1.82) is 0 Å². The van der Waals surface area contributed by atoms with Crippen LogP contribution in [0.25, 0.3) is 0 Å². The van der Waals surface area contributed by atoms with Crippen molar-refractivity contribution in [3.8, 4) is 5.75 Å². The topological polar surface area (TPSA) is 57.5 Å². The summed E-state index contributed by atoms with van der Waals surface area (Å²) in [4.78, 5) is 11.0. The van der Waals surface area contributed by atoms with Crippen molar-refractivity contribution < 1.29 is 15.0 Å². The number of rotatable bonds is 1. The molecule has 2 N–H and O–H groups in total. The van der Waals surface area contributed by atoms with E-state index in [-0.39, 0.29) is 17.6 Å². The van der Waals surface area contributed by atoms with Crippen molar-refractivity contribution >= 4 is 5.97 Å². The monoisotopic (exact) mass is 206 g/mol. The minimum Gasteiger partial charge on any atom is -0.508 e. The van der Waals surface area contributed by atoms with Crippen LogP contribution in [0, 0.1) is 5.92 Å². The summed E-state index contributed by atoms with van der Waals surface area (Å²) < 4.78 is 0. The molecular formula is C12H14O3. The van der Waals surface area contributed by atoms with Gasteiger partial charge < -0.3 is 10.2 Å². The number of aromatic hydroxyl groups is 1. The van der Waals surface area contributed by atoms with Gasteiger partial charge in [-0.25, -0.2) is 0 Å². The highest BCUT2D eigenvalue weighted by Gasteiger charge is 2.31. The zero-order chi connectivity index (χ0) is 11.0. The molecule has 0 aliphatic heterocycles. The second-order valence-electron chi connectivity index (χ2n) is 4.16. The third kappa shape index (κ3) is 1.69. The highest BCUT2D eigenvalue weighted by Crippen LogP contribution is 2.37. The fourth-order valence-corrected chi connectivity index (χ4v) is 2.37. The number of hydrogen-bond donors (Lipinski definition) is 2. The SMILES string of the molecule is CC1c2ccc(O)cc2CCC1C(=O)O. The van der Waals surface area contributed by atoms with Gasteiger partial charge in [-0.05, 0) is 42.0 Å². The molecule has 0 spiro atoms. The fraction of sp³-hybridized carbons (Fsp3) is 0.417. The zero-order valence-electron chi connectivity index (χ0n) is 8.60. The zero-order valence-corrected chi connectivity index (χ0v) is 8.60. The molecule has 0 saturated carbocycles. The van der Waals surface area contributed by atoms with Gasteiger partial charge in [-0.2, -0.15) is 0 Å². The minimum atomic E-state index is -0.721. The number of aliphatic carboxylic acids is 1. The normalized spacial score (nSPS) is 24.6. The first-order valence-corrected chi connectivity index (χ1v) is 5.14. The molecule has 2 rings (SSSR count). The Balaban J connectivity index is 2.38. The Morgan fingerprint density at radius 1 is 1.47 bits per heavy atom. The second kappa shape index (κ2) is 3.57. The smallest absolute Gasteiger partial charge is 0.307 e. The van der Waals surface area contributed by atoms with Gasteiger partial charge in [0, 0.05) is 0 Å². The summed E-state index contributed by atoms with van der Waals surface area (Å²) in [5, 5.41) is 18.4. The van der Waals surface area contributed by atoms with Gasteiger partial charge in [0.25, 0.3) is 0 Å². The molecule has 0 amide bonds. The van der Waals surface area contributed by atoms with Crippen LogP contribution in [0.4, 0.5) is 0 Å². The standard InChI is InChI=1S/C12H14O3/c1-7-10-5-3-9(13)6-8(10)2-4-11(7)12(14)15/h3,5-7,11,13H,2,4H2,1H3,(H,14,15). The maximum Gasteiger partial charge on any atom is 0.307 e. The molecule has 1 aliphatic rings. The van der Waals surface area contributed by atoms with Crippen LogP contribution in [0.3, 0.4) is 0 Å². The Morgan fingerprint density at radius 2 is 2.20 bits per heavy atom. The molecule has 2 unspecified atom stereocenters. The number of carboxylic acids is 1. The van der Waals surface area contributed by atoms with Crippen molar-refractivity contribution in [3.05, 3.63) is 29.3 Å². The van der Waals surface area contributed by atoms with E-state index in [0.29, 0.717) is 6.42 Å². The lowest BCUT2D eigenvalue weighted by atomic mass is 9.76. The van der Waals surface area contributed by atoms with Gasteiger partial charge >= 0.3 is 5.97 Å². The number of benzene rings is 1. The summed E-state index contributed by atoms with van der Waals surface area (Å²) >= 11 is 0. The molecular weight excluding hydrogens is 192 g/mol. The van der Waals surface area contributed by atoms with E-state index >= 15 is 0 Å². The summed E-state index contributed by atoms with van der Waals surface area (Å²) in [5.74, 6) is -0.718. The first-order valence-electron chi connectivity index (χ1n) is 5.14. The summed E-state index contributed by atoms with van der Waals surface area (Å²) in [6.07, 6.45) is 1.40. The molecule has 0 fully saturated rings. The molecule has 0 aromatic heterocycles. The lowest BCUT2D eigenvalue weighted by Gasteiger charge is -2.28. The highest BCUT2D eigenvalue weighted by molar-refractivity contribution is 5.72. The van der Waals surface area contributed by atoms with Gasteiger partial charge in [0.1, 0.15) is 5.75 Å². The highest BCUT2D eigenvalue weighted by atomic mass is 16.4. The molecule has 0 bridgehead atoms. The van der Waals surface area contributed by atoms with Gasteiger partial charge in [-0.3, -0.25) is 4.79 Å². The number of phenols is 1. The van der Waals surface area contributed by atoms with Crippen molar-refractivity contribution in [2.45, 2.75) is 25.7 Å². The molecule has 80 valence electrons. The largest absolute Gasteiger partial charge is 0.508 e. The number of aryl methyl sites for hydroxylation is 1. The van der Waals surface area contributed by atoms with Gasteiger partial charge in [0.15, 0.2) is 0 Å². The summed E-state index contributed by atoms with van der Waals surface area (Å²) in [6, 6.07) is 5.20. The predicted octanol–water partition coefficient (Wildman–Crippen LogP) is 2.14. The molecule has 0 saturated heterocycles. The third-order valence-corrected chi connectivity index (χ3v) is 3.26. The van der Waals surface area contributed by atoms with E-state index in [4.69, 9.17) is 5.11 Å². The lowest BCUT2D eigenvalue weighted by Crippen LogP contribution is -2.25. The summed E-state index contributed by atoms with van der Waals surface area (Å²) in [6.45, 7) is 1.94. The third-order valence-electron chi connectivity index (χ3n) is 3.26. The van der Waals surface area contributed by atoms with E-state index < -0.39 is 5.97 Å². The minimum absolute atomic E-state index is 0.0341. The summed E-state index contributed by atoms with van der Waals surface area (Å²) in [7, 11) is 0. The summed E-state index contributed by atoms with van der Waals surface area (Å²) in [5.41, 5.74) is 2.14. The number of carbonyl (C=O) groups is 1. The average Bonchev–Trinajstić information content (AvgIpc) is 2.17. The van der Waals surface area contributed by atoms with Crippen LogP contribution < -0.4 is 0 Å². The van der Waals surface area contributed by atoms with Crippen molar-refractivity contribution in [2.75, 3.05) is 0 Å². The van der Waals surface area contributed by atoms with E-state index in [9.17, 15) is 9.90 Å². The molecule has 3 heteroatoms. The molecule has 1 aromatic rings. The first-order chi connectivity index (χ1) is 7.09. The van der Waals surface area contributed by atoms with Crippen LogP contribution >= 0.6 is 0 Å². The van der Waals surface area contributed by atoms with Crippen molar-refractivity contribution in [1.82, 2.24) is 0 Å². The van der Waals surface area contributed by atoms with E-state index in [1.54, 1.807) is 12.1 Å². The fourth-order valence-electron chi connectivity index (χ4n) is 2.37. The molecule has 0 heterocycles. The number of fused-ring (bicyclic) bond motifs is 1. The van der Waals surface area contributed by atoms with Crippen molar-refractivity contribution in [2.24, 2.45) is 5.92 Å². The van der Waals surface area contributed by atoms with E-state index in [0.717, 1.165) is 17.5 Å². The molecule has 2 atom stereocenters. The van der Waals surface area contributed by atoms with Gasteiger partial charge in [-0.15, -0.1) is 0 Å².